The molecule has 0 spiro atoms. The van der Waals surface area contributed by atoms with E-state index in [2.05, 4.69) is 54.6 Å². The first-order valence-corrected chi connectivity index (χ1v) is 7.35. The van der Waals surface area contributed by atoms with E-state index in [1.807, 2.05) is 18.2 Å². The van der Waals surface area contributed by atoms with Gasteiger partial charge in [-0.3, -0.25) is 0 Å². The first-order chi connectivity index (χ1) is 10.3. The zero-order valence-corrected chi connectivity index (χ0v) is 11.8. The zero-order valence-electron chi connectivity index (χ0n) is 11.8. The Kier molecular flexibility index (Phi) is 2.87. The summed E-state index contributed by atoms with van der Waals surface area (Å²) in [6.07, 6.45) is 0.988. The third-order valence-electron chi connectivity index (χ3n) is 4.38. The van der Waals surface area contributed by atoms with Gasteiger partial charge in [0.1, 0.15) is 0 Å². The Balaban J connectivity index is 1.83. The highest BCUT2D eigenvalue weighted by atomic mass is 14.6. The van der Waals surface area contributed by atoms with Crippen LogP contribution in [0, 0.1) is 0 Å². The third-order valence-corrected chi connectivity index (χ3v) is 4.38. The molecule has 0 fully saturated rings. The van der Waals surface area contributed by atoms with Crippen molar-refractivity contribution >= 4 is 0 Å². The molecule has 0 aromatic heterocycles. The van der Waals surface area contributed by atoms with E-state index < -0.39 is 0 Å². The van der Waals surface area contributed by atoms with Gasteiger partial charge in [0.15, 0.2) is 0 Å². The average Bonchev–Trinajstić information content (AvgIpc) is 2.94. The maximum atomic E-state index is 6.52. The number of rotatable bonds is 2. The molecule has 1 heteroatoms. The maximum Gasteiger partial charge on any atom is 0.0554 e. The molecular formula is C20H17N. The molecule has 0 radical (unpaired) electrons. The van der Waals surface area contributed by atoms with E-state index in [9.17, 15) is 0 Å². The number of hydrogen-bond acceptors (Lipinski definition) is 1. The normalized spacial score (nSPS) is 13.6. The summed E-state index contributed by atoms with van der Waals surface area (Å²) in [5.74, 6) is 0. The second kappa shape index (κ2) is 4.87. The van der Waals surface area contributed by atoms with Gasteiger partial charge in [0.25, 0.3) is 0 Å². The first-order valence-electron chi connectivity index (χ1n) is 7.35. The van der Waals surface area contributed by atoms with Crippen LogP contribution in [0.25, 0.3) is 11.1 Å². The standard InChI is InChI=1S/C20H17N/c21-20(14-7-2-1-3-8-14)18-12-6-11-17-16-10-5-4-9-15(16)13-19(17)18/h1-12,20H,13,21H2/t20-/m0/s1. The van der Waals surface area contributed by atoms with Crippen molar-refractivity contribution in [3.05, 3.63) is 95.1 Å². The number of nitrogens with two attached hydrogens (primary N) is 1. The van der Waals surface area contributed by atoms with Crippen molar-refractivity contribution < 1.29 is 0 Å². The Morgan fingerprint density at radius 1 is 0.714 bits per heavy atom. The monoisotopic (exact) mass is 271 g/mol. The van der Waals surface area contributed by atoms with E-state index in [1.165, 1.54) is 33.4 Å². The van der Waals surface area contributed by atoms with Crippen molar-refractivity contribution in [2.75, 3.05) is 0 Å². The summed E-state index contributed by atoms with van der Waals surface area (Å²) >= 11 is 0. The largest absolute Gasteiger partial charge is 0.320 e. The topological polar surface area (TPSA) is 26.0 Å². The van der Waals surface area contributed by atoms with Gasteiger partial charge in [0.05, 0.1) is 6.04 Å². The van der Waals surface area contributed by atoms with E-state index in [0.29, 0.717) is 0 Å². The summed E-state index contributed by atoms with van der Waals surface area (Å²) < 4.78 is 0. The van der Waals surface area contributed by atoms with Gasteiger partial charge in [-0.05, 0) is 39.8 Å². The fraction of sp³-hybridized carbons (Fsp3) is 0.100. The minimum Gasteiger partial charge on any atom is -0.320 e. The fourth-order valence-electron chi connectivity index (χ4n) is 3.31. The van der Waals surface area contributed by atoms with E-state index in [4.69, 9.17) is 5.73 Å². The van der Waals surface area contributed by atoms with Crippen LogP contribution < -0.4 is 5.73 Å². The molecule has 0 unspecified atom stereocenters. The highest BCUT2D eigenvalue weighted by Gasteiger charge is 2.23. The fourth-order valence-corrected chi connectivity index (χ4v) is 3.31. The molecule has 1 aliphatic rings. The summed E-state index contributed by atoms with van der Waals surface area (Å²) in [6.45, 7) is 0. The highest BCUT2D eigenvalue weighted by Crippen LogP contribution is 2.40. The highest BCUT2D eigenvalue weighted by molar-refractivity contribution is 5.78. The van der Waals surface area contributed by atoms with Gasteiger partial charge in [0, 0.05) is 0 Å². The summed E-state index contributed by atoms with van der Waals surface area (Å²) in [7, 11) is 0. The van der Waals surface area contributed by atoms with Crippen LogP contribution in [-0.4, -0.2) is 0 Å². The predicted octanol–water partition coefficient (Wildman–Crippen LogP) is 4.31. The van der Waals surface area contributed by atoms with Crippen molar-refractivity contribution in [3.63, 3.8) is 0 Å². The van der Waals surface area contributed by atoms with E-state index in [1.54, 1.807) is 0 Å². The summed E-state index contributed by atoms with van der Waals surface area (Å²) in [5, 5.41) is 0. The maximum absolute atomic E-state index is 6.52. The lowest BCUT2D eigenvalue weighted by Crippen LogP contribution is -2.13. The van der Waals surface area contributed by atoms with E-state index >= 15 is 0 Å². The Morgan fingerprint density at radius 3 is 2.29 bits per heavy atom. The van der Waals surface area contributed by atoms with Gasteiger partial charge in [0.2, 0.25) is 0 Å². The molecule has 0 bridgehead atoms. The smallest absolute Gasteiger partial charge is 0.0554 e. The van der Waals surface area contributed by atoms with Crippen LogP contribution in [0.3, 0.4) is 0 Å². The molecule has 0 amide bonds. The molecule has 2 N–H and O–H groups in total. The van der Waals surface area contributed by atoms with Gasteiger partial charge in [-0.2, -0.15) is 0 Å². The Hall–Kier alpha value is -2.38. The van der Waals surface area contributed by atoms with Crippen molar-refractivity contribution in [3.8, 4) is 11.1 Å². The van der Waals surface area contributed by atoms with Crippen molar-refractivity contribution in [1.29, 1.82) is 0 Å². The number of hydrogen-bond donors (Lipinski definition) is 1. The Bertz CT molecular complexity index is 790. The lowest BCUT2D eigenvalue weighted by atomic mass is 9.92. The second-order valence-corrected chi connectivity index (χ2v) is 5.60. The molecule has 3 aromatic rings. The lowest BCUT2D eigenvalue weighted by Gasteiger charge is -2.16. The van der Waals surface area contributed by atoms with Crippen LogP contribution >= 0.6 is 0 Å². The van der Waals surface area contributed by atoms with E-state index in [0.717, 1.165) is 6.42 Å². The van der Waals surface area contributed by atoms with Gasteiger partial charge < -0.3 is 5.73 Å². The number of benzene rings is 3. The Labute approximate surface area is 125 Å². The average molecular weight is 271 g/mol. The molecule has 0 aliphatic heterocycles. The van der Waals surface area contributed by atoms with E-state index in [-0.39, 0.29) is 6.04 Å². The minimum atomic E-state index is -0.0598. The summed E-state index contributed by atoms with van der Waals surface area (Å²) in [4.78, 5) is 0. The molecule has 3 aromatic carbocycles. The zero-order chi connectivity index (χ0) is 14.2. The quantitative estimate of drug-likeness (QED) is 0.578. The van der Waals surface area contributed by atoms with Crippen molar-refractivity contribution in [2.24, 2.45) is 5.73 Å². The number of fused-ring (bicyclic) bond motifs is 3. The van der Waals surface area contributed by atoms with Gasteiger partial charge in [-0.15, -0.1) is 0 Å². The van der Waals surface area contributed by atoms with Crippen molar-refractivity contribution in [2.45, 2.75) is 12.5 Å². The van der Waals surface area contributed by atoms with Crippen LogP contribution in [0.5, 0.6) is 0 Å². The predicted molar refractivity (Wildman–Crippen MR) is 87.2 cm³/mol. The molecular weight excluding hydrogens is 254 g/mol. The molecule has 1 aliphatic carbocycles. The summed E-state index contributed by atoms with van der Waals surface area (Å²) in [5.41, 5.74) is 14.4. The minimum absolute atomic E-state index is 0.0598. The molecule has 0 saturated heterocycles. The SMILES string of the molecule is N[C@@H](c1ccccc1)c1cccc2c1Cc1ccccc1-2. The first kappa shape index (κ1) is 12.4. The van der Waals surface area contributed by atoms with Crippen molar-refractivity contribution in [1.82, 2.24) is 0 Å². The van der Waals surface area contributed by atoms with Gasteiger partial charge in [-0.25, -0.2) is 0 Å². The lowest BCUT2D eigenvalue weighted by molar-refractivity contribution is 0.858. The second-order valence-electron chi connectivity index (χ2n) is 5.60. The van der Waals surface area contributed by atoms with Gasteiger partial charge in [-0.1, -0.05) is 72.8 Å². The molecule has 0 heterocycles. The van der Waals surface area contributed by atoms with Crippen LogP contribution in [0.1, 0.15) is 28.3 Å². The molecule has 21 heavy (non-hydrogen) atoms. The van der Waals surface area contributed by atoms with Crippen LogP contribution in [0.2, 0.25) is 0 Å². The Morgan fingerprint density at radius 2 is 1.43 bits per heavy atom. The third kappa shape index (κ3) is 1.98. The molecule has 102 valence electrons. The summed E-state index contributed by atoms with van der Waals surface area (Å²) in [6, 6.07) is 25.4. The molecule has 1 nitrogen and oxygen atoms in total. The molecule has 1 atom stereocenters. The van der Waals surface area contributed by atoms with Gasteiger partial charge >= 0.3 is 0 Å². The van der Waals surface area contributed by atoms with Crippen LogP contribution in [0.4, 0.5) is 0 Å². The van der Waals surface area contributed by atoms with Crippen LogP contribution in [0.15, 0.2) is 72.8 Å². The molecule has 0 saturated carbocycles. The van der Waals surface area contributed by atoms with Crippen LogP contribution in [-0.2, 0) is 6.42 Å². The molecule has 4 rings (SSSR count).